The van der Waals surface area contributed by atoms with Gasteiger partial charge in [-0.1, -0.05) is 66.4 Å². The molecule has 2 aromatic carbocycles. The van der Waals surface area contributed by atoms with Crippen LogP contribution in [0.4, 0.5) is 23.9 Å². The Morgan fingerprint density at radius 1 is 1.12 bits per heavy atom. The maximum absolute atomic E-state index is 14.9. The van der Waals surface area contributed by atoms with Crippen LogP contribution in [0.25, 0.3) is 11.3 Å². The number of ether oxygens (including phenoxy) is 1. The summed E-state index contributed by atoms with van der Waals surface area (Å²) < 4.78 is 51.7. The highest BCUT2D eigenvalue weighted by molar-refractivity contribution is 8.04. The van der Waals surface area contributed by atoms with Gasteiger partial charge in [0.15, 0.2) is 5.82 Å². The molecule has 2 fully saturated rings. The highest BCUT2D eigenvalue weighted by Gasteiger charge is 2.62. The number of carbonyl (C=O) groups is 1. The van der Waals surface area contributed by atoms with Crippen molar-refractivity contribution in [2.75, 3.05) is 37.7 Å². The fourth-order valence-electron chi connectivity index (χ4n) is 4.53. The molecule has 2 aliphatic heterocycles. The number of thioether (sulfide) groups is 1. The van der Waals surface area contributed by atoms with Crippen LogP contribution in [-0.4, -0.2) is 64.7 Å². The van der Waals surface area contributed by atoms with Crippen molar-refractivity contribution in [1.82, 2.24) is 25.0 Å². The van der Waals surface area contributed by atoms with Crippen LogP contribution in [0.3, 0.4) is 0 Å². The first-order valence-corrected chi connectivity index (χ1v) is 13.1. The van der Waals surface area contributed by atoms with E-state index in [9.17, 15) is 23.2 Å². The molecule has 0 unspecified atom stereocenters. The van der Waals surface area contributed by atoms with Crippen LogP contribution >= 0.6 is 11.8 Å². The van der Waals surface area contributed by atoms with E-state index in [1.165, 1.54) is 30.3 Å². The number of morpholine rings is 1. The number of carbonyl (C=O) groups excluding carboxylic acids is 1. The Morgan fingerprint density at radius 3 is 2.38 bits per heavy atom. The van der Waals surface area contributed by atoms with Gasteiger partial charge in [0.1, 0.15) is 16.7 Å². The predicted molar refractivity (Wildman–Crippen MR) is 144 cm³/mol. The van der Waals surface area contributed by atoms with Crippen LogP contribution in [-0.2, 0) is 9.61 Å². The molecule has 206 valence electrons. The number of para-hydroxylation sites is 1. The molecule has 13 heteroatoms. The molecule has 1 atom stereocenters. The fourth-order valence-corrected chi connectivity index (χ4v) is 5.83. The SMILES string of the molecule is C=CCN1C(=O)N[C@](c2ccccc2)(C(F)(F)F)S/C1=C(/C#N)c1nnc(N2CCOCC2)n1-c1ccccc1. The third-order valence-electron chi connectivity index (χ3n) is 6.42. The van der Waals surface area contributed by atoms with Crippen molar-refractivity contribution >= 4 is 29.3 Å². The summed E-state index contributed by atoms with van der Waals surface area (Å²) in [5.74, 6) is 0.411. The molecule has 1 N–H and O–H groups in total. The molecule has 2 saturated heterocycles. The molecule has 0 radical (unpaired) electrons. The van der Waals surface area contributed by atoms with Crippen LogP contribution in [0.1, 0.15) is 11.4 Å². The van der Waals surface area contributed by atoms with Crippen LogP contribution in [0.2, 0.25) is 0 Å². The Labute approximate surface area is 232 Å². The van der Waals surface area contributed by atoms with Gasteiger partial charge >= 0.3 is 12.2 Å². The summed E-state index contributed by atoms with van der Waals surface area (Å²) in [6, 6.07) is 17.0. The standard InChI is InChI=1S/C27H24F3N7O2S/c1-2-13-36-23(40-26(27(28,29)30,32-25(36)38)19-9-5-3-6-10-19)21(18-31)22-33-34-24(35-14-16-39-17-15-35)37(22)20-11-7-4-8-12-20/h2-12H,1,13-17H2,(H,32,38)/b23-21-/t26-/m0/s1. The van der Waals surface area contributed by atoms with Crippen LogP contribution < -0.4 is 10.2 Å². The molecule has 0 saturated carbocycles. The molecule has 5 rings (SSSR count). The lowest BCUT2D eigenvalue weighted by atomic mass is 10.1. The van der Waals surface area contributed by atoms with Gasteiger partial charge in [-0.3, -0.25) is 9.47 Å². The van der Waals surface area contributed by atoms with Crippen molar-refractivity contribution in [3.63, 3.8) is 0 Å². The van der Waals surface area contributed by atoms with Crippen molar-refractivity contribution in [1.29, 1.82) is 5.26 Å². The first kappa shape index (κ1) is 27.3. The maximum Gasteiger partial charge on any atom is 0.425 e. The van der Waals surface area contributed by atoms with Gasteiger partial charge in [0, 0.05) is 19.6 Å². The van der Waals surface area contributed by atoms with Crippen molar-refractivity contribution in [3.8, 4) is 11.8 Å². The van der Waals surface area contributed by atoms with Crippen molar-refractivity contribution in [3.05, 3.63) is 89.7 Å². The van der Waals surface area contributed by atoms with E-state index in [1.54, 1.807) is 34.9 Å². The van der Waals surface area contributed by atoms with Crippen LogP contribution in [0.15, 0.2) is 78.3 Å². The molecule has 2 aliphatic rings. The van der Waals surface area contributed by atoms with Gasteiger partial charge in [0.05, 0.1) is 18.9 Å². The predicted octanol–water partition coefficient (Wildman–Crippen LogP) is 4.66. The zero-order valence-corrected chi connectivity index (χ0v) is 22.0. The third-order valence-corrected chi connectivity index (χ3v) is 7.91. The summed E-state index contributed by atoms with van der Waals surface area (Å²) in [6.07, 6.45) is -3.55. The number of anilines is 1. The summed E-state index contributed by atoms with van der Waals surface area (Å²) in [5, 5.41) is 21.0. The lowest BCUT2D eigenvalue weighted by Crippen LogP contribution is -2.60. The monoisotopic (exact) mass is 567 g/mol. The van der Waals surface area contributed by atoms with Gasteiger partial charge in [-0.25, -0.2) is 4.79 Å². The second-order valence-electron chi connectivity index (χ2n) is 8.86. The Balaban J connectivity index is 1.76. The average Bonchev–Trinajstić information content (AvgIpc) is 3.40. The van der Waals surface area contributed by atoms with E-state index in [-0.39, 0.29) is 28.5 Å². The first-order valence-electron chi connectivity index (χ1n) is 12.3. The van der Waals surface area contributed by atoms with Gasteiger partial charge in [0.2, 0.25) is 10.8 Å². The fraction of sp³-hybridized carbons (Fsp3) is 0.259. The molecule has 0 bridgehead atoms. The summed E-state index contributed by atoms with van der Waals surface area (Å²) in [6.45, 7) is 5.43. The number of aromatic nitrogens is 3. The van der Waals surface area contributed by atoms with Crippen LogP contribution in [0.5, 0.6) is 0 Å². The molecule has 2 amide bonds. The highest BCUT2D eigenvalue weighted by Crippen LogP contribution is 2.54. The number of rotatable bonds is 6. The van der Waals surface area contributed by atoms with E-state index in [1.807, 2.05) is 17.0 Å². The summed E-state index contributed by atoms with van der Waals surface area (Å²) in [4.78, 5) is 13.5. The number of halogens is 3. The lowest BCUT2D eigenvalue weighted by Gasteiger charge is -2.44. The van der Waals surface area contributed by atoms with E-state index < -0.39 is 17.1 Å². The van der Waals surface area contributed by atoms with Gasteiger partial charge in [-0.2, -0.15) is 18.4 Å². The molecule has 0 spiro atoms. The number of alkyl halides is 3. The Bertz CT molecular complexity index is 1460. The van der Waals surface area contributed by atoms with Gasteiger partial charge in [-0.05, 0) is 17.7 Å². The maximum atomic E-state index is 14.9. The Kier molecular flexibility index (Phi) is 7.55. The summed E-state index contributed by atoms with van der Waals surface area (Å²) in [7, 11) is 0. The normalized spacial score (nSPS) is 21.0. The van der Waals surface area contributed by atoms with E-state index in [2.05, 4.69) is 22.1 Å². The van der Waals surface area contributed by atoms with E-state index in [0.717, 1.165) is 4.90 Å². The molecular formula is C27H24F3N7O2S. The van der Waals surface area contributed by atoms with E-state index in [4.69, 9.17) is 4.74 Å². The zero-order chi connectivity index (χ0) is 28.3. The number of benzene rings is 2. The Hall–Kier alpha value is -4.28. The van der Waals surface area contributed by atoms with Gasteiger partial charge < -0.3 is 15.0 Å². The highest BCUT2D eigenvalue weighted by atomic mass is 32.2. The zero-order valence-electron chi connectivity index (χ0n) is 21.1. The summed E-state index contributed by atoms with van der Waals surface area (Å²) in [5.41, 5.74) is 0.178. The van der Waals surface area contributed by atoms with Gasteiger partial charge in [-0.15, -0.1) is 16.8 Å². The Morgan fingerprint density at radius 2 is 1.77 bits per heavy atom. The first-order chi connectivity index (χ1) is 19.3. The molecule has 9 nitrogen and oxygen atoms in total. The van der Waals surface area contributed by atoms with Crippen LogP contribution in [0, 0.1) is 11.3 Å². The molecular weight excluding hydrogens is 543 g/mol. The average molecular weight is 568 g/mol. The minimum Gasteiger partial charge on any atom is -0.378 e. The second-order valence-corrected chi connectivity index (χ2v) is 10.1. The molecule has 3 heterocycles. The lowest BCUT2D eigenvalue weighted by molar-refractivity contribution is -0.168. The van der Waals surface area contributed by atoms with E-state index >= 15 is 0 Å². The second kappa shape index (κ2) is 11.1. The number of hydrogen-bond donors (Lipinski definition) is 1. The quantitative estimate of drug-likeness (QED) is 0.342. The molecule has 1 aromatic heterocycles. The van der Waals surface area contributed by atoms with Crippen molar-refractivity contribution < 1.29 is 22.7 Å². The number of nitrogens with zero attached hydrogens (tertiary/aromatic N) is 6. The van der Waals surface area contributed by atoms with Gasteiger partial charge in [0.25, 0.3) is 0 Å². The van der Waals surface area contributed by atoms with Crippen molar-refractivity contribution in [2.45, 2.75) is 11.0 Å². The number of urea groups is 1. The number of nitriles is 1. The number of amides is 2. The smallest absolute Gasteiger partial charge is 0.378 e. The minimum absolute atomic E-state index is 0.00518. The number of nitrogens with one attached hydrogen (secondary N) is 1. The summed E-state index contributed by atoms with van der Waals surface area (Å²) >= 11 is 0.331. The van der Waals surface area contributed by atoms with Crippen molar-refractivity contribution in [2.24, 2.45) is 0 Å². The third kappa shape index (κ3) is 4.80. The van der Waals surface area contributed by atoms with E-state index in [0.29, 0.717) is 49.7 Å². The molecule has 40 heavy (non-hydrogen) atoms. The molecule has 3 aromatic rings. The minimum atomic E-state index is -4.92. The number of allylic oxidation sites excluding steroid dienone is 1. The number of hydrogen-bond acceptors (Lipinski definition) is 7. The topological polar surface area (TPSA) is 99.3 Å². The largest absolute Gasteiger partial charge is 0.425 e. The molecule has 0 aliphatic carbocycles.